The summed E-state index contributed by atoms with van der Waals surface area (Å²) in [5.41, 5.74) is 2.92. The molecule has 6 rings (SSSR count). The molecule has 4 heterocycles. The molecule has 228 valence electrons. The molecule has 1 saturated heterocycles. The van der Waals surface area contributed by atoms with E-state index >= 15 is 0 Å². The molecule has 11 nitrogen and oxygen atoms in total. The van der Waals surface area contributed by atoms with Gasteiger partial charge in [-0.3, -0.25) is 19.1 Å². The van der Waals surface area contributed by atoms with Crippen molar-refractivity contribution in [2.24, 2.45) is 5.41 Å². The highest BCUT2D eigenvalue weighted by Crippen LogP contribution is 2.59. The number of anilines is 1. The number of alkyl halides is 3. The van der Waals surface area contributed by atoms with E-state index in [1.54, 1.807) is 19.3 Å². The lowest BCUT2D eigenvalue weighted by molar-refractivity contribution is -0.276. The fraction of sp³-hybridized carbons (Fsp3) is 0.367. The molecule has 14 heteroatoms. The lowest BCUT2D eigenvalue weighted by atomic mass is 10.0. The first-order chi connectivity index (χ1) is 20.7. The third-order valence-electron chi connectivity index (χ3n) is 8.19. The first-order valence-corrected chi connectivity index (χ1v) is 13.9. The summed E-state index contributed by atoms with van der Waals surface area (Å²) < 4.78 is 43.3. The Bertz CT molecular complexity index is 1820. The lowest BCUT2D eigenvalue weighted by Crippen LogP contribution is -2.46. The van der Waals surface area contributed by atoms with Crippen LogP contribution in [0.25, 0.3) is 22.0 Å². The summed E-state index contributed by atoms with van der Waals surface area (Å²) in [6.07, 6.45) is -0.438. The van der Waals surface area contributed by atoms with E-state index in [-0.39, 0.29) is 41.2 Å². The summed E-state index contributed by atoms with van der Waals surface area (Å²) in [5, 5.41) is 7.63. The number of hydrogen-bond acceptors (Lipinski definition) is 8. The number of piperidine rings is 1. The molecule has 3 atom stereocenters. The van der Waals surface area contributed by atoms with Crippen molar-refractivity contribution in [3.05, 3.63) is 59.8 Å². The number of fused-ring (bicyclic) bond motifs is 2. The molecule has 0 bridgehead atoms. The molecule has 0 radical (unpaired) electrons. The Morgan fingerprint density at radius 2 is 1.82 bits per heavy atom. The molecular formula is C30H28F3N7O4. The number of likely N-dealkylation sites (tertiary alicyclic amines) is 1. The number of halogens is 3. The van der Waals surface area contributed by atoms with Gasteiger partial charge in [0.15, 0.2) is 5.78 Å². The number of carbonyl (C=O) groups excluding carboxylic acids is 3. The van der Waals surface area contributed by atoms with E-state index in [1.807, 2.05) is 26.0 Å². The number of nitrogens with zero attached hydrogens (tertiary/aromatic N) is 6. The van der Waals surface area contributed by atoms with Crippen LogP contribution in [0, 0.1) is 19.3 Å². The van der Waals surface area contributed by atoms with Crippen LogP contribution in [-0.2, 0) is 16.1 Å². The van der Waals surface area contributed by atoms with E-state index in [0.717, 1.165) is 29.2 Å². The summed E-state index contributed by atoms with van der Waals surface area (Å²) in [5.74, 6) is -1.43. The highest BCUT2D eigenvalue weighted by Gasteiger charge is 2.64. The van der Waals surface area contributed by atoms with Crippen molar-refractivity contribution in [1.82, 2.24) is 29.6 Å². The molecule has 1 saturated carbocycles. The largest absolute Gasteiger partial charge is 0.574 e. The Morgan fingerprint density at radius 1 is 1.09 bits per heavy atom. The maximum atomic E-state index is 13.8. The van der Waals surface area contributed by atoms with Crippen molar-refractivity contribution in [3.8, 4) is 17.0 Å². The van der Waals surface area contributed by atoms with Gasteiger partial charge in [-0.2, -0.15) is 10.1 Å². The molecule has 4 aromatic rings. The summed E-state index contributed by atoms with van der Waals surface area (Å²) >= 11 is 0. The number of benzene rings is 1. The predicted octanol–water partition coefficient (Wildman–Crippen LogP) is 4.62. The zero-order valence-corrected chi connectivity index (χ0v) is 24.3. The molecule has 2 aliphatic rings. The van der Waals surface area contributed by atoms with Crippen LogP contribution >= 0.6 is 0 Å². The van der Waals surface area contributed by atoms with Crippen LogP contribution in [0.15, 0.2) is 42.7 Å². The Morgan fingerprint density at radius 3 is 2.50 bits per heavy atom. The number of aryl methyl sites for hydroxylation is 2. The average molecular weight is 608 g/mol. The lowest BCUT2D eigenvalue weighted by Gasteiger charge is -2.27. The van der Waals surface area contributed by atoms with Gasteiger partial charge in [-0.15, -0.1) is 13.2 Å². The van der Waals surface area contributed by atoms with E-state index in [0.29, 0.717) is 23.1 Å². The van der Waals surface area contributed by atoms with Crippen molar-refractivity contribution in [1.29, 1.82) is 0 Å². The molecule has 44 heavy (non-hydrogen) atoms. The fourth-order valence-electron chi connectivity index (χ4n) is 6.05. The third kappa shape index (κ3) is 5.47. The average Bonchev–Trinajstić information content (AvgIpc) is 3.29. The summed E-state index contributed by atoms with van der Waals surface area (Å²) in [7, 11) is 0. The minimum atomic E-state index is -4.94. The van der Waals surface area contributed by atoms with Gasteiger partial charge in [0.05, 0.1) is 5.52 Å². The van der Waals surface area contributed by atoms with Crippen LogP contribution in [0.3, 0.4) is 0 Å². The fourth-order valence-corrected chi connectivity index (χ4v) is 6.05. The second-order valence-corrected chi connectivity index (χ2v) is 11.6. The maximum absolute atomic E-state index is 13.8. The summed E-state index contributed by atoms with van der Waals surface area (Å²) in [6.45, 7) is 6.82. The van der Waals surface area contributed by atoms with Gasteiger partial charge in [-0.1, -0.05) is 13.0 Å². The van der Waals surface area contributed by atoms with Gasteiger partial charge in [0, 0.05) is 42.4 Å². The van der Waals surface area contributed by atoms with Gasteiger partial charge in [-0.05, 0) is 61.4 Å². The van der Waals surface area contributed by atoms with E-state index in [2.05, 4.69) is 30.1 Å². The van der Waals surface area contributed by atoms with Crippen LogP contribution < -0.4 is 10.1 Å². The highest BCUT2D eigenvalue weighted by molar-refractivity contribution is 6.07. The number of pyridine rings is 1. The smallest absolute Gasteiger partial charge is 0.388 e. The SMILES string of the molecule is CC(=O)c1nn(CC(=O)N2[C@H](C(=O)Nc3cccc(OC(F)(F)F)n3)C[C@@]3(C)C[C@@H]23)c2c(C)cc(-c3cnc(C)nc3)cc12. The van der Waals surface area contributed by atoms with Crippen molar-refractivity contribution >= 4 is 34.3 Å². The quantitative estimate of drug-likeness (QED) is 0.301. The van der Waals surface area contributed by atoms with Crippen molar-refractivity contribution in [3.63, 3.8) is 0 Å². The molecule has 0 unspecified atom stereocenters. The standard InChI is InChI=1S/C30H28F3N7O4/c1-15-8-18(19-12-34-17(3)35-13-19)9-20-26(16(2)41)38-39(27(15)20)14-25(42)40-21(10-29(4)11-22(29)40)28(43)37-23-6-5-7-24(36-23)44-30(31,32)33/h5-9,12-13,21-22H,10-11,14H2,1-4H3,(H,36,37,43)/t21-,22+,29-/m0/s1. The van der Waals surface area contributed by atoms with Gasteiger partial charge in [0.2, 0.25) is 17.7 Å². The molecule has 1 N–H and O–H groups in total. The number of aromatic nitrogens is 5. The molecule has 2 amide bonds. The van der Waals surface area contributed by atoms with Crippen LogP contribution in [0.2, 0.25) is 0 Å². The summed E-state index contributed by atoms with van der Waals surface area (Å²) in [6, 6.07) is 6.32. The van der Waals surface area contributed by atoms with Gasteiger partial charge in [0.1, 0.15) is 29.9 Å². The third-order valence-corrected chi connectivity index (χ3v) is 8.19. The predicted molar refractivity (Wildman–Crippen MR) is 152 cm³/mol. The number of nitrogens with one attached hydrogen (secondary N) is 1. The van der Waals surface area contributed by atoms with Gasteiger partial charge < -0.3 is 15.0 Å². The van der Waals surface area contributed by atoms with E-state index in [1.165, 1.54) is 28.6 Å². The minimum absolute atomic E-state index is 0.135. The molecule has 1 aromatic carbocycles. The van der Waals surface area contributed by atoms with E-state index in [4.69, 9.17) is 0 Å². The van der Waals surface area contributed by atoms with Crippen molar-refractivity contribution in [2.75, 3.05) is 5.32 Å². The van der Waals surface area contributed by atoms with Crippen LogP contribution in [0.5, 0.6) is 5.88 Å². The number of ketones is 1. The van der Waals surface area contributed by atoms with Crippen molar-refractivity contribution < 1.29 is 32.3 Å². The number of ether oxygens (including phenoxy) is 1. The summed E-state index contributed by atoms with van der Waals surface area (Å²) in [4.78, 5) is 53.6. The molecular weight excluding hydrogens is 579 g/mol. The Hall–Kier alpha value is -4.88. The zero-order valence-electron chi connectivity index (χ0n) is 24.3. The normalized spacial score (nSPS) is 20.8. The molecule has 3 aromatic heterocycles. The van der Waals surface area contributed by atoms with Gasteiger partial charge in [0.25, 0.3) is 0 Å². The monoisotopic (exact) mass is 607 g/mol. The maximum Gasteiger partial charge on any atom is 0.574 e. The number of Topliss-reactive ketones (excluding diaryl/α,β-unsaturated/α-hetero) is 1. The first-order valence-electron chi connectivity index (χ1n) is 13.9. The molecule has 1 aliphatic carbocycles. The zero-order chi connectivity index (χ0) is 31.6. The first kappa shape index (κ1) is 29.2. The second kappa shape index (κ2) is 10.4. The Balaban J connectivity index is 1.27. The highest BCUT2D eigenvalue weighted by atomic mass is 19.4. The second-order valence-electron chi connectivity index (χ2n) is 11.6. The minimum Gasteiger partial charge on any atom is -0.388 e. The van der Waals surface area contributed by atoms with Crippen LogP contribution in [0.4, 0.5) is 19.0 Å². The van der Waals surface area contributed by atoms with E-state index < -0.39 is 24.2 Å². The van der Waals surface area contributed by atoms with Crippen LogP contribution in [-0.4, -0.2) is 65.7 Å². The number of amides is 2. The molecule has 1 aliphatic heterocycles. The Kier molecular flexibility index (Phi) is 6.89. The van der Waals surface area contributed by atoms with Gasteiger partial charge in [-0.25, -0.2) is 9.97 Å². The van der Waals surface area contributed by atoms with E-state index in [9.17, 15) is 27.6 Å². The number of carbonyl (C=O) groups is 3. The number of rotatable bonds is 7. The molecule has 2 fully saturated rings. The Labute approximate surface area is 249 Å². The number of hydrogen-bond donors (Lipinski definition) is 1. The topological polar surface area (TPSA) is 132 Å². The van der Waals surface area contributed by atoms with Crippen LogP contribution in [0.1, 0.15) is 48.6 Å². The molecule has 0 spiro atoms. The van der Waals surface area contributed by atoms with Crippen molar-refractivity contribution in [2.45, 2.75) is 65.5 Å². The van der Waals surface area contributed by atoms with Gasteiger partial charge >= 0.3 is 6.36 Å².